The lowest BCUT2D eigenvalue weighted by molar-refractivity contribution is -0.122. The summed E-state index contributed by atoms with van der Waals surface area (Å²) < 4.78 is 12.6. The normalized spacial score (nSPS) is 14.7. The van der Waals surface area contributed by atoms with Crippen LogP contribution in [0.5, 0.6) is 11.5 Å². The maximum Gasteiger partial charge on any atom is 0.335 e. The van der Waals surface area contributed by atoms with Gasteiger partial charge < -0.3 is 9.47 Å². The number of hydrogen-bond acceptors (Lipinski definition) is 5. The number of amides is 4. The van der Waals surface area contributed by atoms with Crippen molar-refractivity contribution < 1.29 is 23.9 Å². The van der Waals surface area contributed by atoms with Gasteiger partial charge in [-0.1, -0.05) is 41.4 Å². The summed E-state index contributed by atoms with van der Waals surface area (Å²) in [5.74, 6) is -0.453. The zero-order valence-electron chi connectivity index (χ0n) is 20.4. The van der Waals surface area contributed by atoms with Crippen LogP contribution in [0.1, 0.15) is 29.2 Å². The van der Waals surface area contributed by atoms with Gasteiger partial charge >= 0.3 is 6.03 Å². The van der Waals surface area contributed by atoms with Crippen LogP contribution in [0, 0.1) is 17.4 Å². The summed E-state index contributed by atoms with van der Waals surface area (Å²) in [4.78, 5) is 39.6. The van der Waals surface area contributed by atoms with E-state index >= 15 is 0 Å². The topological polar surface area (TPSA) is 84.9 Å². The second kappa shape index (κ2) is 11.4. The minimum atomic E-state index is -0.784. The highest BCUT2D eigenvalue weighted by atomic mass is 127. The molecule has 7 nitrogen and oxygen atoms in total. The molecule has 0 aliphatic carbocycles. The third-order valence-corrected chi connectivity index (χ3v) is 6.65. The van der Waals surface area contributed by atoms with Crippen molar-refractivity contribution in [1.82, 2.24) is 5.32 Å². The molecule has 0 saturated carbocycles. The lowest BCUT2D eigenvalue weighted by Gasteiger charge is -2.27. The van der Waals surface area contributed by atoms with Crippen LogP contribution in [0.4, 0.5) is 10.5 Å². The quantitative estimate of drug-likeness (QED) is 0.191. The highest BCUT2D eigenvalue weighted by Crippen LogP contribution is 2.36. The van der Waals surface area contributed by atoms with Crippen molar-refractivity contribution in [2.24, 2.45) is 0 Å². The fourth-order valence-electron chi connectivity index (χ4n) is 3.96. The van der Waals surface area contributed by atoms with Crippen LogP contribution in [0.15, 0.2) is 60.2 Å². The Bertz CT molecular complexity index is 1440. The monoisotopic (exact) mass is 630 g/mol. The van der Waals surface area contributed by atoms with Crippen LogP contribution in [-0.2, 0) is 16.2 Å². The molecule has 0 unspecified atom stereocenters. The highest BCUT2D eigenvalue weighted by Gasteiger charge is 2.37. The number of rotatable bonds is 7. The smallest absolute Gasteiger partial charge is 0.335 e. The van der Waals surface area contributed by atoms with Crippen molar-refractivity contribution in [3.63, 3.8) is 0 Å². The fraction of sp³-hybridized carbons (Fsp3) is 0.179. The number of urea groups is 1. The van der Waals surface area contributed by atoms with Crippen LogP contribution < -0.4 is 19.7 Å². The summed E-state index contributed by atoms with van der Waals surface area (Å²) in [6.45, 7) is 6.25. The minimum Gasteiger partial charge on any atom is -0.490 e. The van der Waals surface area contributed by atoms with Gasteiger partial charge in [0.15, 0.2) is 11.5 Å². The second-order valence-corrected chi connectivity index (χ2v) is 10.0. The third kappa shape index (κ3) is 5.97. The molecule has 0 aromatic heterocycles. The summed E-state index contributed by atoms with van der Waals surface area (Å²) in [7, 11) is 0. The number of carbonyl (C=O) groups excluding carboxylic acids is 3. The van der Waals surface area contributed by atoms with Gasteiger partial charge in [0.1, 0.15) is 12.2 Å². The highest BCUT2D eigenvalue weighted by molar-refractivity contribution is 14.1. The van der Waals surface area contributed by atoms with Crippen LogP contribution in [-0.4, -0.2) is 24.5 Å². The first-order valence-electron chi connectivity index (χ1n) is 11.5. The first kappa shape index (κ1) is 26.7. The molecule has 0 radical (unpaired) electrons. The number of barbiturate groups is 1. The zero-order valence-corrected chi connectivity index (χ0v) is 23.3. The van der Waals surface area contributed by atoms with Crippen molar-refractivity contribution in [3.05, 3.63) is 91.0 Å². The molecule has 0 atom stereocenters. The first-order chi connectivity index (χ1) is 17.7. The van der Waals surface area contributed by atoms with Crippen molar-refractivity contribution in [1.29, 1.82) is 0 Å². The summed E-state index contributed by atoms with van der Waals surface area (Å²) >= 11 is 8.20. The molecule has 3 aromatic carbocycles. The summed E-state index contributed by atoms with van der Waals surface area (Å²) in [6, 6.07) is 15.4. The maximum atomic E-state index is 13.3. The van der Waals surface area contributed by atoms with Gasteiger partial charge in [0.05, 0.1) is 15.9 Å². The maximum absolute atomic E-state index is 13.3. The molecule has 1 aliphatic rings. The van der Waals surface area contributed by atoms with Crippen LogP contribution in [0.25, 0.3) is 6.08 Å². The average Bonchev–Trinajstić information content (AvgIpc) is 2.83. The van der Waals surface area contributed by atoms with Crippen molar-refractivity contribution in [2.75, 3.05) is 11.5 Å². The van der Waals surface area contributed by atoms with Gasteiger partial charge in [-0.05, 0) is 96.5 Å². The van der Waals surface area contributed by atoms with E-state index < -0.39 is 17.8 Å². The number of benzene rings is 3. The Hall–Kier alpha value is -3.37. The molecule has 1 N–H and O–H groups in total. The van der Waals surface area contributed by atoms with E-state index in [9.17, 15) is 14.4 Å². The molecule has 1 fully saturated rings. The molecule has 4 rings (SSSR count). The Morgan fingerprint density at radius 2 is 1.81 bits per heavy atom. The largest absolute Gasteiger partial charge is 0.490 e. The Kier molecular flexibility index (Phi) is 8.19. The van der Waals surface area contributed by atoms with Crippen LogP contribution >= 0.6 is 34.2 Å². The van der Waals surface area contributed by atoms with E-state index in [-0.39, 0.29) is 12.2 Å². The number of hydrogen-bond donors (Lipinski definition) is 1. The van der Waals surface area contributed by atoms with Crippen LogP contribution in [0.2, 0.25) is 5.02 Å². The molecule has 1 heterocycles. The fourth-order valence-corrected chi connectivity index (χ4v) is 4.95. The Labute approximate surface area is 233 Å². The third-order valence-electron chi connectivity index (χ3n) is 5.61. The number of nitrogens with zero attached hydrogens (tertiary/aromatic N) is 1. The van der Waals surface area contributed by atoms with Crippen molar-refractivity contribution >= 4 is 63.8 Å². The van der Waals surface area contributed by atoms with Gasteiger partial charge in [-0.25, -0.2) is 9.69 Å². The number of nitrogens with one attached hydrogen (secondary N) is 1. The molecule has 4 amide bonds. The van der Waals surface area contributed by atoms with Gasteiger partial charge in [-0.3, -0.25) is 14.9 Å². The van der Waals surface area contributed by atoms with Gasteiger partial charge in [0, 0.05) is 5.02 Å². The number of aryl methyl sites for hydroxylation is 2. The molecule has 190 valence electrons. The SMILES string of the molecule is CCOc1cc(/C=C2\C(=O)NC(=O)N(c3ccc(C)cc3C)C2=O)cc(I)c1OCc1cccc(Cl)c1. The van der Waals surface area contributed by atoms with Crippen LogP contribution in [0.3, 0.4) is 0 Å². The minimum absolute atomic E-state index is 0.162. The Morgan fingerprint density at radius 1 is 1.03 bits per heavy atom. The lowest BCUT2D eigenvalue weighted by Crippen LogP contribution is -2.54. The van der Waals surface area contributed by atoms with Crippen molar-refractivity contribution in [3.8, 4) is 11.5 Å². The molecule has 0 spiro atoms. The molecular formula is C28H24ClIN2O5. The second-order valence-electron chi connectivity index (χ2n) is 8.43. The number of halogens is 2. The molecule has 37 heavy (non-hydrogen) atoms. The van der Waals surface area contributed by atoms with E-state index in [0.717, 1.165) is 25.2 Å². The standard InChI is InChI=1S/C28H24ClIN2O5/c1-4-36-24-14-19(13-22(30)25(24)37-15-18-6-5-7-20(29)11-18)12-21-26(33)31-28(35)32(27(21)34)23-9-8-16(2)10-17(23)3/h5-14H,4,15H2,1-3H3,(H,31,33,35)/b21-12+. The van der Waals surface area contributed by atoms with Gasteiger partial charge in [-0.2, -0.15) is 0 Å². The zero-order chi connectivity index (χ0) is 26.7. The summed E-state index contributed by atoms with van der Waals surface area (Å²) in [6.07, 6.45) is 1.45. The van der Waals surface area contributed by atoms with Crippen molar-refractivity contribution in [2.45, 2.75) is 27.4 Å². The molecule has 0 bridgehead atoms. The number of ether oxygens (including phenoxy) is 2. The van der Waals surface area contributed by atoms with E-state index in [2.05, 4.69) is 27.9 Å². The van der Waals surface area contributed by atoms with E-state index in [1.807, 2.05) is 51.1 Å². The number of anilines is 1. The summed E-state index contributed by atoms with van der Waals surface area (Å²) in [5, 5.41) is 2.89. The molecule has 1 aliphatic heterocycles. The van der Waals surface area contributed by atoms with E-state index in [0.29, 0.717) is 34.4 Å². The lowest BCUT2D eigenvalue weighted by atomic mass is 10.0. The average molecular weight is 631 g/mol. The summed E-state index contributed by atoms with van der Waals surface area (Å²) in [5.41, 5.74) is 3.44. The Balaban J connectivity index is 1.67. The predicted molar refractivity (Wildman–Crippen MR) is 151 cm³/mol. The molecule has 3 aromatic rings. The van der Waals surface area contributed by atoms with E-state index in [4.69, 9.17) is 21.1 Å². The predicted octanol–water partition coefficient (Wildman–Crippen LogP) is 6.21. The molecule has 1 saturated heterocycles. The molecular weight excluding hydrogens is 607 g/mol. The van der Waals surface area contributed by atoms with Gasteiger partial charge in [0.25, 0.3) is 11.8 Å². The van der Waals surface area contributed by atoms with Gasteiger partial charge in [0.2, 0.25) is 0 Å². The first-order valence-corrected chi connectivity index (χ1v) is 13.0. The van der Waals surface area contributed by atoms with Gasteiger partial charge in [-0.15, -0.1) is 0 Å². The Morgan fingerprint density at radius 3 is 2.51 bits per heavy atom. The van der Waals surface area contributed by atoms with E-state index in [1.165, 1.54) is 6.08 Å². The number of imide groups is 2. The number of carbonyl (C=O) groups is 3. The molecule has 9 heteroatoms. The van der Waals surface area contributed by atoms with E-state index in [1.54, 1.807) is 24.3 Å².